The summed E-state index contributed by atoms with van der Waals surface area (Å²) in [5.41, 5.74) is 1.23. The number of methoxy groups -OCH3 is 1. The first-order chi connectivity index (χ1) is 11.9. The Labute approximate surface area is 152 Å². The van der Waals surface area contributed by atoms with Gasteiger partial charge in [-0.05, 0) is 50.2 Å². The first kappa shape index (κ1) is 17.4. The maximum Gasteiger partial charge on any atom is 0.319 e. The van der Waals surface area contributed by atoms with Gasteiger partial charge in [-0.1, -0.05) is 11.6 Å². The molecule has 0 aliphatic carbocycles. The van der Waals surface area contributed by atoms with Crippen molar-refractivity contribution in [3.63, 3.8) is 0 Å². The zero-order valence-electron chi connectivity index (χ0n) is 14.4. The monoisotopic (exact) mass is 360 g/mol. The van der Waals surface area contributed by atoms with E-state index in [2.05, 4.69) is 10.6 Å². The molecule has 5 nitrogen and oxygen atoms in total. The van der Waals surface area contributed by atoms with E-state index < -0.39 is 5.60 Å². The van der Waals surface area contributed by atoms with Gasteiger partial charge in [0.1, 0.15) is 17.1 Å². The molecule has 132 valence electrons. The maximum atomic E-state index is 12.4. The summed E-state index contributed by atoms with van der Waals surface area (Å²) in [6, 6.07) is 12.2. The van der Waals surface area contributed by atoms with Crippen LogP contribution in [0.25, 0.3) is 0 Å². The van der Waals surface area contributed by atoms with Gasteiger partial charge in [0.2, 0.25) is 0 Å². The van der Waals surface area contributed by atoms with Crippen molar-refractivity contribution in [3.05, 3.63) is 53.1 Å². The van der Waals surface area contributed by atoms with Crippen molar-refractivity contribution in [3.8, 4) is 11.5 Å². The Morgan fingerprint density at radius 1 is 1.24 bits per heavy atom. The van der Waals surface area contributed by atoms with Gasteiger partial charge in [0, 0.05) is 28.8 Å². The van der Waals surface area contributed by atoms with Crippen molar-refractivity contribution < 1.29 is 14.3 Å². The molecule has 0 saturated heterocycles. The van der Waals surface area contributed by atoms with Gasteiger partial charge in [0.25, 0.3) is 0 Å². The van der Waals surface area contributed by atoms with Crippen LogP contribution < -0.4 is 20.1 Å². The number of carbonyl (C=O) groups excluding carboxylic acids is 1. The number of rotatable bonds is 3. The second-order valence-electron chi connectivity index (χ2n) is 6.63. The molecule has 2 aromatic carbocycles. The van der Waals surface area contributed by atoms with Crippen LogP contribution in [0, 0.1) is 0 Å². The highest BCUT2D eigenvalue weighted by Gasteiger charge is 2.34. The van der Waals surface area contributed by atoms with Crippen molar-refractivity contribution >= 4 is 23.3 Å². The molecule has 1 aliphatic heterocycles. The van der Waals surface area contributed by atoms with Crippen molar-refractivity contribution in [1.29, 1.82) is 0 Å². The van der Waals surface area contributed by atoms with E-state index in [0.717, 1.165) is 17.1 Å². The Bertz CT molecular complexity index is 775. The molecule has 3 rings (SSSR count). The molecule has 25 heavy (non-hydrogen) atoms. The van der Waals surface area contributed by atoms with Crippen molar-refractivity contribution in [1.82, 2.24) is 5.32 Å². The first-order valence-corrected chi connectivity index (χ1v) is 8.44. The Kier molecular flexibility index (Phi) is 4.77. The summed E-state index contributed by atoms with van der Waals surface area (Å²) in [6.07, 6.45) is 0.667. The molecule has 0 radical (unpaired) electrons. The molecule has 1 aliphatic rings. The molecule has 2 amide bonds. The van der Waals surface area contributed by atoms with Crippen molar-refractivity contribution in [2.24, 2.45) is 0 Å². The third-order valence-electron chi connectivity index (χ3n) is 4.09. The average molecular weight is 361 g/mol. The molecule has 2 N–H and O–H groups in total. The van der Waals surface area contributed by atoms with Crippen LogP contribution in [0.15, 0.2) is 42.5 Å². The van der Waals surface area contributed by atoms with Crippen LogP contribution in [0.5, 0.6) is 11.5 Å². The third-order valence-corrected chi connectivity index (χ3v) is 4.34. The molecular weight excluding hydrogens is 340 g/mol. The van der Waals surface area contributed by atoms with Gasteiger partial charge >= 0.3 is 6.03 Å². The summed E-state index contributed by atoms with van der Waals surface area (Å²) in [4.78, 5) is 12.4. The molecule has 6 heteroatoms. The molecule has 0 fully saturated rings. The second-order valence-corrected chi connectivity index (χ2v) is 7.06. The Balaban J connectivity index is 1.77. The van der Waals surface area contributed by atoms with E-state index >= 15 is 0 Å². The van der Waals surface area contributed by atoms with Crippen LogP contribution >= 0.6 is 11.6 Å². The van der Waals surface area contributed by atoms with Crippen LogP contribution in [-0.2, 0) is 0 Å². The highest BCUT2D eigenvalue weighted by molar-refractivity contribution is 6.30. The number of nitrogens with one attached hydrogen (secondary N) is 2. The predicted molar refractivity (Wildman–Crippen MR) is 98.7 cm³/mol. The third kappa shape index (κ3) is 4.17. The Morgan fingerprint density at radius 3 is 2.64 bits per heavy atom. The van der Waals surface area contributed by atoms with Crippen LogP contribution in [-0.4, -0.2) is 18.7 Å². The molecule has 0 aromatic heterocycles. The average Bonchev–Trinajstić information content (AvgIpc) is 2.55. The summed E-state index contributed by atoms with van der Waals surface area (Å²) >= 11 is 5.86. The lowest BCUT2D eigenvalue weighted by Crippen LogP contribution is -2.42. The number of urea groups is 1. The normalized spacial score (nSPS) is 17.8. The number of fused-ring (bicyclic) bond motifs is 1. The molecule has 2 aromatic rings. The minimum Gasteiger partial charge on any atom is -0.497 e. The second kappa shape index (κ2) is 6.84. The number of hydrogen-bond acceptors (Lipinski definition) is 3. The van der Waals surface area contributed by atoms with Gasteiger partial charge in [-0.2, -0.15) is 0 Å². The van der Waals surface area contributed by atoms with Gasteiger partial charge in [0.15, 0.2) is 0 Å². The van der Waals surface area contributed by atoms with E-state index in [0.29, 0.717) is 17.1 Å². The standard InChI is InChI=1S/C19H21ClN2O3/c1-19(2)11-16(15-9-8-14(24-3)10-17(15)25-19)22-18(23)21-13-6-4-12(20)5-7-13/h4-10,16H,11H2,1-3H3,(H2,21,22,23). The summed E-state index contributed by atoms with van der Waals surface area (Å²) < 4.78 is 11.3. The lowest BCUT2D eigenvalue weighted by molar-refractivity contribution is 0.0679. The molecule has 0 saturated carbocycles. The van der Waals surface area contributed by atoms with E-state index in [4.69, 9.17) is 21.1 Å². The Morgan fingerprint density at radius 2 is 1.96 bits per heavy atom. The van der Waals surface area contributed by atoms with Crippen molar-refractivity contribution in [2.75, 3.05) is 12.4 Å². The smallest absolute Gasteiger partial charge is 0.319 e. The topological polar surface area (TPSA) is 59.6 Å². The van der Waals surface area contributed by atoms with E-state index in [1.807, 2.05) is 32.0 Å². The summed E-state index contributed by atoms with van der Waals surface area (Å²) in [5, 5.41) is 6.48. The molecular formula is C19H21ClN2O3. The fourth-order valence-electron chi connectivity index (χ4n) is 2.95. The van der Waals surface area contributed by atoms with Crippen LogP contribution in [0.1, 0.15) is 31.9 Å². The number of halogens is 1. The summed E-state index contributed by atoms with van der Waals surface area (Å²) in [5.74, 6) is 1.45. The molecule has 1 atom stereocenters. The quantitative estimate of drug-likeness (QED) is 0.828. The molecule has 1 heterocycles. The largest absolute Gasteiger partial charge is 0.497 e. The summed E-state index contributed by atoms with van der Waals surface area (Å²) in [6.45, 7) is 4.00. The molecule has 0 bridgehead atoms. The number of benzene rings is 2. The number of hydrogen-bond donors (Lipinski definition) is 2. The minimum atomic E-state index is -0.391. The number of anilines is 1. The fraction of sp³-hybridized carbons (Fsp3) is 0.316. The van der Waals surface area contributed by atoms with E-state index in [1.165, 1.54) is 0 Å². The highest BCUT2D eigenvalue weighted by atomic mass is 35.5. The zero-order chi connectivity index (χ0) is 18.0. The van der Waals surface area contributed by atoms with E-state index in [-0.39, 0.29) is 12.1 Å². The predicted octanol–water partition coefficient (Wildman–Crippen LogP) is 4.77. The molecule has 0 spiro atoms. The lowest BCUT2D eigenvalue weighted by atomic mass is 9.89. The van der Waals surface area contributed by atoms with Gasteiger partial charge < -0.3 is 20.1 Å². The number of amides is 2. The van der Waals surface area contributed by atoms with Gasteiger partial charge in [-0.25, -0.2) is 4.79 Å². The van der Waals surface area contributed by atoms with E-state index in [1.54, 1.807) is 31.4 Å². The van der Waals surface area contributed by atoms with Gasteiger partial charge in [-0.3, -0.25) is 0 Å². The van der Waals surface area contributed by atoms with Crippen LogP contribution in [0.3, 0.4) is 0 Å². The SMILES string of the molecule is COc1ccc2c(c1)OC(C)(C)CC2NC(=O)Nc1ccc(Cl)cc1. The highest BCUT2D eigenvalue weighted by Crippen LogP contribution is 2.41. The first-order valence-electron chi connectivity index (χ1n) is 8.06. The van der Waals surface area contributed by atoms with Crippen molar-refractivity contribution in [2.45, 2.75) is 31.9 Å². The Hall–Kier alpha value is -2.40. The minimum absolute atomic E-state index is 0.156. The number of carbonyl (C=O) groups is 1. The summed E-state index contributed by atoms with van der Waals surface area (Å²) in [7, 11) is 1.62. The lowest BCUT2D eigenvalue weighted by Gasteiger charge is -2.38. The number of ether oxygens (including phenoxy) is 2. The fourth-order valence-corrected chi connectivity index (χ4v) is 3.07. The van der Waals surface area contributed by atoms with Crippen LogP contribution in [0.2, 0.25) is 5.02 Å². The zero-order valence-corrected chi connectivity index (χ0v) is 15.2. The maximum absolute atomic E-state index is 12.4. The van der Waals surface area contributed by atoms with E-state index in [9.17, 15) is 4.79 Å². The van der Waals surface area contributed by atoms with Gasteiger partial charge in [-0.15, -0.1) is 0 Å². The molecule has 1 unspecified atom stereocenters. The van der Waals surface area contributed by atoms with Gasteiger partial charge in [0.05, 0.1) is 13.2 Å². The van der Waals surface area contributed by atoms with Crippen LogP contribution in [0.4, 0.5) is 10.5 Å².